The first kappa shape index (κ1) is 16.8. The molecule has 4 rings (SSSR count). The van der Waals surface area contributed by atoms with Gasteiger partial charge in [-0.25, -0.2) is 9.97 Å². The largest absolute Gasteiger partial charge is 0.329 e. The average molecular weight is 352 g/mol. The highest BCUT2D eigenvalue weighted by molar-refractivity contribution is 5.92. The van der Waals surface area contributed by atoms with E-state index in [9.17, 15) is 4.79 Å². The average Bonchev–Trinajstić information content (AvgIpc) is 3.29. The van der Waals surface area contributed by atoms with Crippen molar-refractivity contribution < 1.29 is 4.79 Å². The van der Waals surface area contributed by atoms with Gasteiger partial charge < -0.3 is 4.90 Å². The fourth-order valence-electron chi connectivity index (χ4n) is 3.45. The zero-order chi connectivity index (χ0) is 18.3. The molecular formula is C19H24N6O. The molecule has 1 amide bonds. The molecule has 1 saturated heterocycles. The smallest absolute Gasteiger partial charge is 0.274 e. The fourth-order valence-corrected chi connectivity index (χ4v) is 3.45. The lowest BCUT2D eigenvalue weighted by Crippen LogP contribution is -2.39. The normalized spacial score (nSPS) is 18.4. The number of aromatic amines is 1. The van der Waals surface area contributed by atoms with Gasteiger partial charge in [0.1, 0.15) is 5.69 Å². The Morgan fingerprint density at radius 3 is 2.88 bits per heavy atom. The Hall–Kier alpha value is -2.70. The number of imidazole rings is 1. The number of nitrogens with zero attached hydrogens (tertiary/aromatic N) is 5. The van der Waals surface area contributed by atoms with Crippen molar-refractivity contribution in [3.8, 4) is 0 Å². The van der Waals surface area contributed by atoms with Gasteiger partial charge in [0, 0.05) is 36.2 Å². The van der Waals surface area contributed by atoms with Gasteiger partial charge in [-0.15, -0.1) is 0 Å². The number of carbonyl (C=O) groups excluding carboxylic acids is 1. The molecule has 136 valence electrons. The lowest BCUT2D eigenvalue weighted by molar-refractivity contribution is 0.0600. The minimum absolute atomic E-state index is 0.0345. The van der Waals surface area contributed by atoms with Gasteiger partial charge in [0.25, 0.3) is 5.91 Å². The Morgan fingerprint density at radius 2 is 2.12 bits per heavy atom. The van der Waals surface area contributed by atoms with Crippen molar-refractivity contribution in [3.63, 3.8) is 0 Å². The van der Waals surface area contributed by atoms with Gasteiger partial charge in [-0.1, -0.05) is 20.8 Å². The maximum Gasteiger partial charge on any atom is 0.274 e. The first-order valence-electron chi connectivity index (χ1n) is 9.10. The molecule has 1 aliphatic heterocycles. The van der Waals surface area contributed by atoms with Crippen LogP contribution < -0.4 is 0 Å². The van der Waals surface area contributed by atoms with Crippen molar-refractivity contribution in [1.82, 2.24) is 29.5 Å². The van der Waals surface area contributed by atoms with Crippen molar-refractivity contribution in [2.24, 2.45) is 0 Å². The van der Waals surface area contributed by atoms with Crippen molar-refractivity contribution >= 4 is 11.7 Å². The van der Waals surface area contributed by atoms with E-state index in [-0.39, 0.29) is 17.4 Å². The van der Waals surface area contributed by atoms with E-state index in [1.807, 2.05) is 33.8 Å². The van der Waals surface area contributed by atoms with Crippen molar-refractivity contribution in [3.05, 3.63) is 47.8 Å². The molecule has 0 aliphatic carbocycles. The molecule has 26 heavy (non-hydrogen) atoms. The number of likely N-dealkylation sites (tertiary alicyclic amines) is 1. The van der Waals surface area contributed by atoms with E-state index < -0.39 is 0 Å². The molecule has 0 aromatic carbocycles. The van der Waals surface area contributed by atoms with Gasteiger partial charge in [-0.2, -0.15) is 5.10 Å². The summed E-state index contributed by atoms with van der Waals surface area (Å²) in [4.78, 5) is 24.0. The molecule has 0 unspecified atom stereocenters. The lowest BCUT2D eigenvalue weighted by Gasteiger charge is -2.34. The topological polar surface area (TPSA) is 79.2 Å². The Morgan fingerprint density at radius 1 is 1.27 bits per heavy atom. The van der Waals surface area contributed by atoms with Crippen LogP contribution in [-0.4, -0.2) is 41.9 Å². The number of hydrogen-bond acceptors (Lipinski definition) is 4. The van der Waals surface area contributed by atoms with E-state index in [2.05, 4.69) is 40.9 Å². The van der Waals surface area contributed by atoms with Crippen LogP contribution >= 0.6 is 0 Å². The lowest BCUT2D eigenvalue weighted by atomic mass is 9.92. The van der Waals surface area contributed by atoms with E-state index >= 15 is 0 Å². The van der Waals surface area contributed by atoms with Crippen LogP contribution in [0, 0.1) is 0 Å². The summed E-state index contributed by atoms with van der Waals surface area (Å²) in [6.07, 6.45) is 8.55. The molecule has 7 nitrogen and oxygen atoms in total. The fraction of sp³-hybridized carbons (Fsp3) is 0.474. The number of piperidine rings is 1. The van der Waals surface area contributed by atoms with Crippen LogP contribution in [0.2, 0.25) is 0 Å². The summed E-state index contributed by atoms with van der Waals surface area (Å²) in [5.41, 5.74) is 2.26. The van der Waals surface area contributed by atoms with Gasteiger partial charge in [0.05, 0.1) is 11.7 Å². The van der Waals surface area contributed by atoms with Gasteiger partial charge in [0.2, 0.25) is 5.78 Å². The maximum absolute atomic E-state index is 13.1. The molecule has 0 saturated carbocycles. The SMILES string of the molecule is CC(C)(C)c1cc(C(=O)N2CCCC[C@@H]2c2ccn3ccnc3n2)n[nH]1. The Kier molecular flexibility index (Phi) is 4.01. The second kappa shape index (κ2) is 6.23. The number of nitrogens with one attached hydrogen (secondary N) is 1. The number of fused-ring (bicyclic) bond motifs is 1. The number of aromatic nitrogens is 5. The highest BCUT2D eigenvalue weighted by atomic mass is 16.2. The summed E-state index contributed by atoms with van der Waals surface area (Å²) in [7, 11) is 0. The summed E-state index contributed by atoms with van der Waals surface area (Å²) in [5.74, 6) is 0.627. The Labute approximate surface area is 152 Å². The zero-order valence-electron chi connectivity index (χ0n) is 15.4. The van der Waals surface area contributed by atoms with E-state index in [1.165, 1.54) is 0 Å². The van der Waals surface area contributed by atoms with Gasteiger partial charge in [-0.05, 0) is 31.4 Å². The molecule has 3 aromatic heterocycles. The maximum atomic E-state index is 13.1. The predicted octanol–water partition coefficient (Wildman–Crippen LogP) is 3.12. The summed E-state index contributed by atoms with van der Waals surface area (Å²) < 4.78 is 1.88. The molecule has 7 heteroatoms. The number of rotatable bonds is 2. The summed E-state index contributed by atoms with van der Waals surface area (Å²) >= 11 is 0. The first-order chi connectivity index (χ1) is 12.4. The predicted molar refractivity (Wildman–Crippen MR) is 97.9 cm³/mol. The van der Waals surface area contributed by atoms with Crippen LogP contribution in [0.15, 0.2) is 30.7 Å². The summed E-state index contributed by atoms with van der Waals surface area (Å²) in [6, 6.07) is 3.82. The van der Waals surface area contributed by atoms with Crippen molar-refractivity contribution in [2.45, 2.75) is 51.5 Å². The summed E-state index contributed by atoms with van der Waals surface area (Å²) in [5, 5.41) is 7.29. The third kappa shape index (κ3) is 2.98. The number of amides is 1. The van der Waals surface area contributed by atoms with Crippen LogP contribution in [0.3, 0.4) is 0 Å². The van der Waals surface area contributed by atoms with E-state index in [4.69, 9.17) is 0 Å². The van der Waals surface area contributed by atoms with Gasteiger partial charge >= 0.3 is 0 Å². The van der Waals surface area contributed by atoms with E-state index in [0.717, 1.165) is 37.2 Å². The van der Waals surface area contributed by atoms with E-state index in [1.54, 1.807) is 6.20 Å². The first-order valence-corrected chi connectivity index (χ1v) is 9.10. The van der Waals surface area contributed by atoms with Crippen LogP contribution in [0.1, 0.15) is 68.0 Å². The zero-order valence-corrected chi connectivity index (χ0v) is 15.4. The molecule has 1 fully saturated rings. The van der Waals surface area contributed by atoms with Crippen molar-refractivity contribution in [2.75, 3.05) is 6.54 Å². The molecular weight excluding hydrogens is 328 g/mol. The Balaban J connectivity index is 1.64. The number of H-pyrrole nitrogens is 1. The van der Waals surface area contributed by atoms with E-state index in [0.29, 0.717) is 11.5 Å². The number of hydrogen-bond donors (Lipinski definition) is 1. The molecule has 0 radical (unpaired) electrons. The number of carbonyl (C=O) groups is 1. The van der Waals surface area contributed by atoms with Gasteiger partial charge in [0.15, 0.2) is 0 Å². The molecule has 0 spiro atoms. The molecule has 1 atom stereocenters. The quantitative estimate of drug-likeness (QED) is 0.768. The molecule has 1 N–H and O–H groups in total. The van der Waals surface area contributed by atoms with Crippen LogP contribution in [-0.2, 0) is 5.41 Å². The highest BCUT2D eigenvalue weighted by Crippen LogP contribution is 2.31. The molecule has 1 aliphatic rings. The molecule has 0 bridgehead atoms. The summed E-state index contributed by atoms with van der Waals surface area (Å²) in [6.45, 7) is 7.02. The molecule has 4 heterocycles. The van der Waals surface area contributed by atoms with Crippen LogP contribution in [0.4, 0.5) is 0 Å². The van der Waals surface area contributed by atoms with Crippen LogP contribution in [0.25, 0.3) is 5.78 Å². The van der Waals surface area contributed by atoms with Crippen LogP contribution in [0.5, 0.6) is 0 Å². The van der Waals surface area contributed by atoms with Crippen molar-refractivity contribution in [1.29, 1.82) is 0 Å². The van der Waals surface area contributed by atoms with Gasteiger partial charge in [-0.3, -0.25) is 14.3 Å². The Bertz CT molecular complexity index is 935. The standard InChI is InChI=1S/C19H24N6O/c1-19(2,3)16-12-14(22-23-16)17(26)25-9-5-4-6-15(25)13-7-10-24-11-8-20-18(24)21-13/h7-8,10-12,15H,4-6,9H2,1-3H3,(H,22,23)/t15-/m1/s1. The molecule has 3 aromatic rings. The second-order valence-corrected chi connectivity index (χ2v) is 7.91. The third-order valence-corrected chi connectivity index (χ3v) is 4.99. The second-order valence-electron chi connectivity index (χ2n) is 7.91. The monoisotopic (exact) mass is 352 g/mol. The minimum atomic E-state index is -0.0693. The highest BCUT2D eigenvalue weighted by Gasteiger charge is 2.31. The minimum Gasteiger partial charge on any atom is -0.329 e. The third-order valence-electron chi connectivity index (χ3n) is 4.99.